The second-order valence-corrected chi connectivity index (χ2v) is 8.55. The Balaban J connectivity index is 1.29. The minimum absolute atomic E-state index is 0.0580. The quantitative estimate of drug-likeness (QED) is 0.308. The van der Waals surface area contributed by atoms with Crippen LogP contribution < -0.4 is 19.8 Å². The molecule has 0 aliphatic carbocycles. The van der Waals surface area contributed by atoms with Crippen molar-refractivity contribution in [3.05, 3.63) is 72.4 Å². The molecule has 0 bridgehead atoms. The van der Waals surface area contributed by atoms with E-state index >= 15 is 0 Å². The van der Waals surface area contributed by atoms with Gasteiger partial charge in [-0.15, -0.1) is 5.01 Å². The van der Waals surface area contributed by atoms with Crippen LogP contribution in [0.3, 0.4) is 0 Å². The third kappa shape index (κ3) is 5.47. The molecule has 1 fully saturated rings. The zero-order valence-electron chi connectivity index (χ0n) is 17.8. The van der Waals surface area contributed by atoms with E-state index in [1.165, 1.54) is 5.69 Å². The molecule has 166 valence electrons. The third-order valence-corrected chi connectivity index (χ3v) is 6.39. The number of nitrogens with zero attached hydrogens (tertiary/aromatic N) is 5. The highest BCUT2D eigenvalue weighted by Crippen LogP contribution is 2.18. The molecule has 1 aliphatic rings. The Morgan fingerprint density at radius 1 is 1.12 bits per heavy atom. The van der Waals surface area contributed by atoms with Gasteiger partial charge in [0, 0.05) is 30.1 Å². The Labute approximate surface area is 191 Å². The number of thioether (sulfide) groups is 1. The Bertz CT molecular complexity index is 1050. The summed E-state index contributed by atoms with van der Waals surface area (Å²) in [6, 6.07) is 19.3. The van der Waals surface area contributed by atoms with Gasteiger partial charge in [0.2, 0.25) is 10.4 Å². The molecule has 32 heavy (non-hydrogen) atoms. The average molecular weight is 452 g/mol. The van der Waals surface area contributed by atoms with Gasteiger partial charge in [-0.3, -0.25) is 9.32 Å². The molecule has 1 aliphatic heterocycles. The number of aliphatic imine (C=N–C) groups is 1. The number of rotatable bonds is 7. The molecule has 2 heterocycles. The lowest BCUT2D eigenvalue weighted by atomic mass is 10.2. The van der Waals surface area contributed by atoms with Crippen LogP contribution >= 0.6 is 11.8 Å². The van der Waals surface area contributed by atoms with Crippen molar-refractivity contribution in [3.8, 4) is 0 Å². The second kappa shape index (κ2) is 10.3. The largest absolute Gasteiger partial charge is 0.861 e. The number of anilines is 1. The molecule has 1 aromatic heterocycles. The average Bonchev–Trinajstić information content (AvgIpc) is 3.32. The van der Waals surface area contributed by atoms with E-state index < -0.39 is 5.92 Å². The maximum Gasteiger partial charge on any atom is 0.324 e. The van der Waals surface area contributed by atoms with E-state index in [0.717, 1.165) is 37.9 Å². The zero-order valence-corrected chi connectivity index (χ0v) is 18.6. The molecule has 3 aromatic rings. The van der Waals surface area contributed by atoms with E-state index in [4.69, 9.17) is 4.52 Å². The Morgan fingerprint density at radius 3 is 2.47 bits per heavy atom. The van der Waals surface area contributed by atoms with Crippen molar-refractivity contribution in [1.82, 2.24) is 5.27 Å². The van der Waals surface area contributed by atoms with Gasteiger partial charge in [0.1, 0.15) is 0 Å². The standard InChI is InChI=1S/C23H25N5O3S/c1-18(17-32-23(30)19-8-4-2-5-9-19)22(29)24-21-16-28(25-31-21)27-14-12-26(13-15-27)20-10-6-3-7-11-20/h2-11,16,18H,12-15,17H2,1H3/t18-/m1/s1. The number of para-hydroxylation sites is 1. The fraction of sp³-hybridized carbons (Fsp3) is 0.304. The number of hydrogen-bond acceptors (Lipinski definition) is 8. The lowest BCUT2D eigenvalue weighted by Crippen LogP contribution is -2.65. The number of aromatic nitrogens is 2. The van der Waals surface area contributed by atoms with Crippen LogP contribution in [-0.4, -0.2) is 48.2 Å². The smallest absolute Gasteiger partial charge is 0.324 e. The van der Waals surface area contributed by atoms with Crippen LogP contribution in [0.1, 0.15) is 17.3 Å². The first-order valence-electron chi connectivity index (χ1n) is 10.5. The normalized spacial score (nSPS) is 15.6. The van der Waals surface area contributed by atoms with E-state index in [9.17, 15) is 9.90 Å². The van der Waals surface area contributed by atoms with Gasteiger partial charge in [-0.1, -0.05) is 67.2 Å². The number of hydrogen-bond donors (Lipinski definition) is 0. The molecule has 9 heteroatoms. The Hall–Kier alpha value is -3.33. The SMILES string of the molecule is C[C@H](CSC(=O)c1ccccc1)C([O-])=Nc1c[n+](N2CCN(c3ccccc3)CC2)no1. The van der Waals surface area contributed by atoms with Gasteiger partial charge in [-0.2, -0.15) is 0 Å². The molecule has 2 aromatic carbocycles. The molecule has 0 unspecified atom stereocenters. The summed E-state index contributed by atoms with van der Waals surface area (Å²) >= 11 is 1.12. The predicted molar refractivity (Wildman–Crippen MR) is 123 cm³/mol. The zero-order chi connectivity index (χ0) is 22.3. The maximum absolute atomic E-state index is 12.4. The van der Waals surface area contributed by atoms with E-state index in [-0.39, 0.29) is 16.9 Å². The van der Waals surface area contributed by atoms with Crippen molar-refractivity contribution in [2.45, 2.75) is 6.92 Å². The predicted octanol–water partition coefficient (Wildman–Crippen LogP) is 2.02. The van der Waals surface area contributed by atoms with Gasteiger partial charge in [-0.05, 0) is 23.9 Å². The van der Waals surface area contributed by atoms with E-state index in [1.54, 1.807) is 30.0 Å². The van der Waals surface area contributed by atoms with Gasteiger partial charge >= 0.3 is 5.88 Å². The molecule has 0 radical (unpaired) electrons. The van der Waals surface area contributed by atoms with Crippen molar-refractivity contribution in [2.24, 2.45) is 10.9 Å². The van der Waals surface area contributed by atoms with Gasteiger partial charge in [0.05, 0.1) is 17.9 Å². The fourth-order valence-corrected chi connectivity index (χ4v) is 4.21. The molecular weight excluding hydrogens is 426 g/mol. The molecular formula is C23H25N5O3S. The summed E-state index contributed by atoms with van der Waals surface area (Å²) < 4.78 is 5.24. The summed E-state index contributed by atoms with van der Waals surface area (Å²) in [6.45, 7) is 5.02. The highest BCUT2D eigenvalue weighted by molar-refractivity contribution is 8.14. The first-order chi connectivity index (χ1) is 15.6. The highest BCUT2D eigenvalue weighted by Gasteiger charge is 2.26. The lowest BCUT2D eigenvalue weighted by molar-refractivity contribution is -0.758. The Kier molecular flexibility index (Phi) is 7.06. The molecule has 0 saturated carbocycles. The van der Waals surface area contributed by atoms with Crippen molar-refractivity contribution < 1.29 is 19.2 Å². The summed E-state index contributed by atoms with van der Waals surface area (Å²) in [5.41, 5.74) is 1.83. The third-order valence-electron chi connectivity index (χ3n) is 5.23. The van der Waals surface area contributed by atoms with Crippen molar-refractivity contribution >= 4 is 34.3 Å². The molecule has 1 atom stereocenters. The number of carbonyl (C=O) groups excluding carboxylic acids is 1. The van der Waals surface area contributed by atoms with Gasteiger partial charge < -0.3 is 10.0 Å². The summed E-state index contributed by atoms with van der Waals surface area (Å²) in [4.78, 5) is 20.2. The van der Waals surface area contributed by atoms with Crippen LogP contribution in [-0.2, 0) is 0 Å². The number of benzene rings is 2. The first-order valence-corrected chi connectivity index (χ1v) is 11.5. The van der Waals surface area contributed by atoms with Crippen LogP contribution in [0.2, 0.25) is 0 Å². The van der Waals surface area contributed by atoms with Crippen molar-refractivity contribution in [2.75, 3.05) is 41.8 Å². The monoisotopic (exact) mass is 451 g/mol. The van der Waals surface area contributed by atoms with Gasteiger partial charge in [-0.25, -0.2) is 4.99 Å². The van der Waals surface area contributed by atoms with E-state index in [1.807, 2.05) is 41.4 Å². The minimum Gasteiger partial charge on any atom is -0.861 e. The lowest BCUT2D eigenvalue weighted by Gasteiger charge is -2.31. The fourth-order valence-electron chi connectivity index (χ4n) is 3.36. The van der Waals surface area contributed by atoms with Crippen LogP contribution in [0.4, 0.5) is 11.6 Å². The van der Waals surface area contributed by atoms with Crippen molar-refractivity contribution in [1.29, 1.82) is 0 Å². The molecule has 1 saturated heterocycles. The van der Waals surface area contributed by atoms with Gasteiger partial charge in [0.25, 0.3) is 6.20 Å². The molecule has 0 N–H and O–H groups in total. The van der Waals surface area contributed by atoms with E-state index in [0.29, 0.717) is 11.3 Å². The van der Waals surface area contributed by atoms with Crippen LogP contribution in [0, 0.1) is 5.92 Å². The molecule has 8 nitrogen and oxygen atoms in total. The highest BCUT2D eigenvalue weighted by atomic mass is 32.2. The maximum atomic E-state index is 12.4. The molecule has 0 spiro atoms. The van der Waals surface area contributed by atoms with Crippen LogP contribution in [0.25, 0.3) is 0 Å². The first kappa shape index (κ1) is 21.9. The summed E-state index contributed by atoms with van der Waals surface area (Å²) in [6.07, 6.45) is 1.62. The van der Waals surface area contributed by atoms with Gasteiger partial charge in [0.15, 0.2) is 0 Å². The molecule has 0 amide bonds. The summed E-state index contributed by atoms with van der Waals surface area (Å²) in [5, 5.41) is 18.4. The van der Waals surface area contributed by atoms with E-state index in [2.05, 4.69) is 27.3 Å². The second-order valence-electron chi connectivity index (χ2n) is 7.55. The minimum atomic E-state index is -0.416. The topological polar surface area (TPSA) is 88.9 Å². The van der Waals surface area contributed by atoms with Crippen LogP contribution in [0.5, 0.6) is 0 Å². The molecule has 4 rings (SSSR count). The number of carbonyl (C=O) groups is 1. The Morgan fingerprint density at radius 2 is 1.78 bits per heavy atom. The summed E-state index contributed by atoms with van der Waals surface area (Å²) in [7, 11) is 0. The summed E-state index contributed by atoms with van der Waals surface area (Å²) in [5.74, 6) is -0.242. The van der Waals surface area contributed by atoms with Crippen LogP contribution in [0.15, 0.2) is 76.4 Å². The number of piperazine rings is 1. The van der Waals surface area contributed by atoms with Crippen molar-refractivity contribution in [3.63, 3.8) is 0 Å².